The molecule has 0 aromatic heterocycles. The van der Waals surface area contributed by atoms with Gasteiger partial charge in [0.15, 0.2) is 0 Å². The van der Waals surface area contributed by atoms with Crippen molar-refractivity contribution in [2.24, 2.45) is 5.73 Å². The van der Waals surface area contributed by atoms with E-state index >= 15 is 0 Å². The normalized spacial score (nSPS) is 10.3. The monoisotopic (exact) mass is 318 g/mol. The fraction of sp³-hybridized carbons (Fsp3) is 0.235. The first-order valence-corrected chi connectivity index (χ1v) is 7.48. The second-order valence-electron chi connectivity index (χ2n) is 4.87. The van der Waals surface area contributed by atoms with Gasteiger partial charge in [-0.15, -0.1) is 0 Å². The smallest absolute Gasteiger partial charge is 0.233 e. The van der Waals surface area contributed by atoms with Crippen molar-refractivity contribution < 1.29 is 9.53 Å². The molecule has 0 unspecified atom stereocenters. The summed E-state index contributed by atoms with van der Waals surface area (Å²) in [6, 6.07) is 15.4. The van der Waals surface area contributed by atoms with Gasteiger partial charge >= 0.3 is 0 Å². The molecule has 5 heteroatoms. The quantitative estimate of drug-likeness (QED) is 0.824. The Morgan fingerprint density at radius 3 is 2.59 bits per heavy atom. The highest BCUT2D eigenvalue weighted by atomic mass is 35.5. The van der Waals surface area contributed by atoms with Crippen LogP contribution >= 0.6 is 11.6 Å². The fourth-order valence-corrected chi connectivity index (χ4v) is 2.18. The minimum atomic E-state index is -0.138. The van der Waals surface area contributed by atoms with Crippen molar-refractivity contribution in [3.8, 4) is 5.75 Å². The van der Waals surface area contributed by atoms with E-state index in [1.165, 1.54) is 0 Å². The first-order chi connectivity index (χ1) is 10.7. The van der Waals surface area contributed by atoms with E-state index in [4.69, 9.17) is 22.1 Å². The number of ether oxygens (including phenoxy) is 1. The van der Waals surface area contributed by atoms with Crippen LogP contribution in [-0.2, 0) is 17.8 Å². The Morgan fingerprint density at radius 1 is 1.14 bits per heavy atom. The number of hydrogen-bond acceptors (Lipinski definition) is 3. The van der Waals surface area contributed by atoms with Crippen molar-refractivity contribution in [1.82, 2.24) is 5.32 Å². The lowest BCUT2D eigenvalue weighted by Crippen LogP contribution is -2.31. The largest absolute Gasteiger partial charge is 0.489 e. The van der Waals surface area contributed by atoms with Gasteiger partial charge in [-0.1, -0.05) is 35.9 Å². The Labute approximate surface area is 135 Å². The van der Waals surface area contributed by atoms with Crippen LogP contribution in [0.25, 0.3) is 0 Å². The lowest BCUT2D eigenvalue weighted by atomic mass is 10.1. The summed E-state index contributed by atoms with van der Waals surface area (Å²) >= 11 is 5.94. The van der Waals surface area contributed by atoms with Crippen molar-refractivity contribution in [2.45, 2.75) is 13.0 Å². The van der Waals surface area contributed by atoms with Crippen molar-refractivity contribution in [1.29, 1.82) is 0 Å². The van der Waals surface area contributed by atoms with Crippen molar-refractivity contribution in [3.63, 3.8) is 0 Å². The Bertz CT molecular complexity index is 614. The molecule has 0 atom stereocenters. The summed E-state index contributed by atoms with van der Waals surface area (Å²) in [6.07, 6.45) is 0.764. The molecule has 0 bridgehead atoms. The van der Waals surface area contributed by atoms with Crippen LogP contribution in [0.4, 0.5) is 0 Å². The molecule has 0 saturated carbocycles. The van der Waals surface area contributed by atoms with E-state index in [0.29, 0.717) is 18.2 Å². The van der Waals surface area contributed by atoms with E-state index in [1.54, 1.807) is 0 Å². The highest BCUT2D eigenvalue weighted by molar-refractivity contribution is 6.30. The van der Waals surface area contributed by atoms with Crippen LogP contribution in [0.1, 0.15) is 11.1 Å². The Kier molecular flexibility index (Phi) is 6.25. The molecule has 0 aliphatic heterocycles. The van der Waals surface area contributed by atoms with Gasteiger partial charge in [0.05, 0.1) is 6.54 Å². The number of benzene rings is 2. The van der Waals surface area contributed by atoms with E-state index in [1.807, 2.05) is 48.5 Å². The molecule has 0 radical (unpaired) electrons. The number of nitrogens with two attached hydrogens (primary N) is 1. The molecule has 4 nitrogen and oxygen atoms in total. The Balaban J connectivity index is 1.80. The summed E-state index contributed by atoms with van der Waals surface area (Å²) in [5.74, 6) is 0.663. The summed E-state index contributed by atoms with van der Waals surface area (Å²) < 4.78 is 5.72. The maximum atomic E-state index is 11.0. The first kappa shape index (κ1) is 16.3. The van der Waals surface area contributed by atoms with Crippen molar-refractivity contribution in [2.75, 3.05) is 13.1 Å². The molecule has 22 heavy (non-hydrogen) atoms. The Hall–Kier alpha value is -2.04. The number of rotatable bonds is 7. The highest BCUT2D eigenvalue weighted by Crippen LogP contribution is 2.16. The molecule has 2 aromatic rings. The molecule has 0 saturated heterocycles. The molecular formula is C17H19ClN2O2. The zero-order valence-corrected chi connectivity index (χ0v) is 13.0. The van der Waals surface area contributed by atoms with E-state index < -0.39 is 0 Å². The highest BCUT2D eigenvalue weighted by Gasteiger charge is 2.00. The van der Waals surface area contributed by atoms with Crippen LogP contribution in [0.15, 0.2) is 48.5 Å². The van der Waals surface area contributed by atoms with Gasteiger partial charge in [0.25, 0.3) is 0 Å². The molecule has 0 fully saturated rings. The predicted octanol–water partition coefficient (Wildman–Crippen LogP) is 2.54. The third kappa shape index (κ3) is 5.39. The van der Waals surface area contributed by atoms with Gasteiger partial charge in [-0.05, 0) is 41.8 Å². The number of amides is 1. The van der Waals surface area contributed by atoms with E-state index in [9.17, 15) is 4.79 Å². The van der Waals surface area contributed by atoms with E-state index in [2.05, 4.69) is 5.32 Å². The third-order valence-corrected chi connectivity index (χ3v) is 3.37. The number of nitrogens with one attached hydrogen (secondary N) is 1. The standard InChI is InChI=1S/C17H19ClN2O2/c18-15-3-1-2-14(10-15)12-22-16-6-4-13(5-7-16)8-9-20-17(21)11-19/h1-7,10H,8-9,11-12,19H2,(H,20,21). The SMILES string of the molecule is NCC(=O)NCCc1ccc(OCc2cccc(Cl)c2)cc1. The van der Waals surface area contributed by atoms with Gasteiger partial charge in [-0.2, -0.15) is 0 Å². The van der Waals surface area contributed by atoms with Gasteiger partial charge in [-0.3, -0.25) is 4.79 Å². The molecule has 0 aliphatic carbocycles. The van der Waals surface area contributed by atoms with E-state index in [0.717, 1.165) is 23.3 Å². The summed E-state index contributed by atoms with van der Waals surface area (Å²) in [5.41, 5.74) is 7.39. The van der Waals surface area contributed by atoms with Crippen LogP contribution in [-0.4, -0.2) is 19.0 Å². The van der Waals surface area contributed by atoms with Gasteiger partial charge in [0, 0.05) is 11.6 Å². The number of carbonyl (C=O) groups is 1. The zero-order chi connectivity index (χ0) is 15.8. The average Bonchev–Trinajstić information content (AvgIpc) is 2.54. The fourth-order valence-electron chi connectivity index (χ4n) is 1.96. The molecule has 2 aromatic carbocycles. The van der Waals surface area contributed by atoms with Crippen LogP contribution < -0.4 is 15.8 Å². The molecule has 0 heterocycles. The van der Waals surface area contributed by atoms with Gasteiger partial charge in [0.1, 0.15) is 12.4 Å². The lowest BCUT2D eigenvalue weighted by Gasteiger charge is -2.08. The predicted molar refractivity (Wildman–Crippen MR) is 88.0 cm³/mol. The molecule has 116 valence electrons. The van der Waals surface area contributed by atoms with Gasteiger partial charge in [-0.25, -0.2) is 0 Å². The summed E-state index contributed by atoms with van der Waals surface area (Å²) in [4.78, 5) is 11.0. The number of halogens is 1. The Morgan fingerprint density at radius 2 is 1.91 bits per heavy atom. The van der Waals surface area contributed by atoms with Gasteiger partial charge < -0.3 is 15.8 Å². The average molecular weight is 319 g/mol. The maximum Gasteiger partial charge on any atom is 0.233 e. The molecule has 1 amide bonds. The minimum Gasteiger partial charge on any atom is -0.489 e. The van der Waals surface area contributed by atoms with Crippen molar-refractivity contribution in [3.05, 3.63) is 64.7 Å². The molecule has 0 spiro atoms. The molecule has 0 aliphatic rings. The second-order valence-corrected chi connectivity index (χ2v) is 5.30. The van der Waals surface area contributed by atoms with Crippen molar-refractivity contribution >= 4 is 17.5 Å². The number of carbonyl (C=O) groups excluding carboxylic acids is 1. The van der Waals surface area contributed by atoms with Crippen LogP contribution in [0.3, 0.4) is 0 Å². The lowest BCUT2D eigenvalue weighted by molar-refractivity contribution is -0.119. The third-order valence-electron chi connectivity index (χ3n) is 3.14. The topological polar surface area (TPSA) is 64.4 Å². The maximum absolute atomic E-state index is 11.0. The summed E-state index contributed by atoms with van der Waals surface area (Å²) in [7, 11) is 0. The summed E-state index contributed by atoms with van der Waals surface area (Å²) in [6.45, 7) is 1.08. The summed E-state index contributed by atoms with van der Waals surface area (Å²) in [5, 5.41) is 3.44. The second kappa shape index (κ2) is 8.41. The molecule has 2 rings (SSSR count). The van der Waals surface area contributed by atoms with Crippen LogP contribution in [0, 0.1) is 0 Å². The van der Waals surface area contributed by atoms with Crippen LogP contribution in [0.2, 0.25) is 5.02 Å². The molecule has 3 N–H and O–H groups in total. The van der Waals surface area contributed by atoms with E-state index in [-0.39, 0.29) is 12.5 Å². The first-order valence-electron chi connectivity index (χ1n) is 7.10. The van der Waals surface area contributed by atoms with Gasteiger partial charge in [0.2, 0.25) is 5.91 Å². The number of hydrogen-bond donors (Lipinski definition) is 2. The minimum absolute atomic E-state index is 0.0241. The van der Waals surface area contributed by atoms with Crippen LogP contribution in [0.5, 0.6) is 5.75 Å². The zero-order valence-electron chi connectivity index (χ0n) is 12.2. The molecular weight excluding hydrogens is 300 g/mol.